The number of nitrogens with zero attached hydrogens (tertiary/aromatic N) is 2. The van der Waals surface area contributed by atoms with Gasteiger partial charge in [-0.15, -0.1) is 0 Å². The Balaban J connectivity index is 2.50. The first-order valence-corrected chi connectivity index (χ1v) is 5.33. The Kier molecular flexibility index (Phi) is 3.32. The van der Waals surface area contributed by atoms with Gasteiger partial charge in [0.15, 0.2) is 5.69 Å². The van der Waals surface area contributed by atoms with Crippen LogP contribution in [0.25, 0.3) is 5.69 Å². The zero-order valence-electron chi connectivity index (χ0n) is 8.95. The lowest BCUT2D eigenvalue weighted by molar-refractivity contribution is -0.141. The highest BCUT2D eigenvalue weighted by atomic mass is 35.5. The van der Waals surface area contributed by atoms with Crippen molar-refractivity contribution in [2.24, 2.45) is 0 Å². The Bertz CT molecular complexity index is 566. The number of aromatic nitrogens is 2. The molecule has 0 bridgehead atoms. The van der Waals surface area contributed by atoms with Crippen LogP contribution in [-0.4, -0.2) is 14.9 Å². The molecule has 1 aromatic carbocycles. The summed E-state index contributed by atoms with van der Waals surface area (Å²) in [7, 11) is 0. The van der Waals surface area contributed by atoms with Crippen LogP contribution < -0.4 is 0 Å². The summed E-state index contributed by atoms with van der Waals surface area (Å²) in [6.45, 7) is -0.379. The lowest BCUT2D eigenvalue weighted by atomic mass is 10.2. The molecular formula is C11H8ClF3N2O. The van der Waals surface area contributed by atoms with Crippen LogP contribution in [0.3, 0.4) is 0 Å². The van der Waals surface area contributed by atoms with Crippen molar-refractivity contribution in [1.29, 1.82) is 0 Å². The van der Waals surface area contributed by atoms with Crippen molar-refractivity contribution >= 4 is 11.6 Å². The Morgan fingerprint density at radius 2 is 2.00 bits per heavy atom. The zero-order valence-corrected chi connectivity index (χ0v) is 9.70. The summed E-state index contributed by atoms with van der Waals surface area (Å²) in [5, 5.41) is 12.9. The number of aliphatic hydroxyl groups is 1. The molecule has 0 radical (unpaired) electrons. The van der Waals surface area contributed by atoms with Crippen LogP contribution in [0.5, 0.6) is 0 Å². The van der Waals surface area contributed by atoms with Gasteiger partial charge in [-0.3, -0.25) is 0 Å². The molecule has 18 heavy (non-hydrogen) atoms. The van der Waals surface area contributed by atoms with Crippen LogP contribution in [-0.2, 0) is 12.8 Å². The third-order valence-electron chi connectivity index (χ3n) is 2.38. The number of hydrogen-bond donors (Lipinski definition) is 1. The molecule has 0 aliphatic carbocycles. The van der Waals surface area contributed by atoms with E-state index < -0.39 is 11.9 Å². The maximum atomic E-state index is 12.4. The van der Waals surface area contributed by atoms with Gasteiger partial charge in [0.2, 0.25) is 0 Å². The van der Waals surface area contributed by atoms with Gasteiger partial charge in [-0.2, -0.15) is 18.3 Å². The van der Waals surface area contributed by atoms with Gasteiger partial charge in [-0.25, -0.2) is 4.68 Å². The van der Waals surface area contributed by atoms with E-state index in [1.54, 1.807) is 12.1 Å². The van der Waals surface area contributed by atoms with Crippen LogP contribution in [0, 0.1) is 0 Å². The van der Waals surface area contributed by atoms with Gasteiger partial charge in [0.25, 0.3) is 0 Å². The minimum Gasteiger partial charge on any atom is -0.392 e. The smallest absolute Gasteiger partial charge is 0.392 e. The second kappa shape index (κ2) is 4.62. The Morgan fingerprint density at radius 1 is 1.28 bits per heavy atom. The standard InChI is InChI=1S/C11H8ClF3N2O/c12-8-2-1-3-9(7(8)6-18)17-5-4-10(16-17)11(13,14)15/h1-5,18H,6H2. The van der Waals surface area contributed by atoms with Crippen LogP contribution >= 0.6 is 11.6 Å². The van der Waals surface area contributed by atoms with Crippen molar-refractivity contribution in [1.82, 2.24) is 9.78 Å². The molecule has 1 N–H and O–H groups in total. The van der Waals surface area contributed by atoms with Gasteiger partial charge in [0.1, 0.15) is 0 Å². The SMILES string of the molecule is OCc1c(Cl)cccc1-n1ccc(C(F)(F)F)n1. The number of benzene rings is 1. The molecule has 7 heteroatoms. The fourth-order valence-electron chi connectivity index (χ4n) is 1.53. The van der Waals surface area contributed by atoms with Crippen molar-refractivity contribution in [2.45, 2.75) is 12.8 Å². The molecule has 0 aliphatic heterocycles. The molecule has 0 aliphatic rings. The molecule has 0 saturated carbocycles. The van der Waals surface area contributed by atoms with Crippen LogP contribution in [0.1, 0.15) is 11.3 Å². The highest BCUT2D eigenvalue weighted by Gasteiger charge is 2.33. The Hall–Kier alpha value is -1.53. The maximum absolute atomic E-state index is 12.4. The largest absolute Gasteiger partial charge is 0.435 e. The van der Waals surface area contributed by atoms with Crippen molar-refractivity contribution in [3.05, 3.63) is 46.7 Å². The maximum Gasteiger partial charge on any atom is 0.435 e. The fraction of sp³-hybridized carbons (Fsp3) is 0.182. The van der Waals surface area contributed by atoms with Gasteiger partial charge in [0.05, 0.1) is 12.3 Å². The minimum absolute atomic E-state index is 0.277. The third kappa shape index (κ3) is 2.34. The number of halogens is 4. The first kappa shape index (κ1) is 12.9. The lowest BCUT2D eigenvalue weighted by Crippen LogP contribution is -2.08. The van der Waals surface area contributed by atoms with E-state index in [0.717, 1.165) is 10.7 Å². The highest BCUT2D eigenvalue weighted by Crippen LogP contribution is 2.29. The molecule has 2 aromatic rings. The van der Waals surface area contributed by atoms with Crippen molar-refractivity contribution in [3.63, 3.8) is 0 Å². The van der Waals surface area contributed by atoms with E-state index in [9.17, 15) is 18.3 Å². The summed E-state index contributed by atoms with van der Waals surface area (Å²) in [6.07, 6.45) is -3.32. The second-order valence-electron chi connectivity index (χ2n) is 3.54. The monoisotopic (exact) mass is 276 g/mol. The molecule has 0 atom stereocenters. The molecular weight excluding hydrogens is 269 g/mol. The molecule has 2 rings (SSSR count). The van der Waals surface area contributed by atoms with Gasteiger partial charge in [-0.05, 0) is 18.2 Å². The van der Waals surface area contributed by atoms with Crippen LogP contribution in [0.4, 0.5) is 13.2 Å². The average Bonchev–Trinajstić information content (AvgIpc) is 2.77. The number of aliphatic hydroxyl groups excluding tert-OH is 1. The topological polar surface area (TPSA) is 38.0 Å². The van der Waals surface area contributed by atoms with E-state index in [-0.39, 0.29) is 11.6 Å². The molecule has 1 heterocycles. The highest BCUT2D eigenvalue weighted by molar-refractivity contribution is 6.31. The summed E-state index contributed by atoms with van der Waals surface area (Å²) >= 11 is 5.85. The minimum atomic E-state index is -4.50. The molecule has 0 spiro atoms. The first-order chi connectivity index (χ1) is 8.43. The summed E-state index contributed by atoms with van der Waals surface area (Å²) in [5.41, 5.74) is -0.345. The Morgan fingerprint density at radius 3 is 2.56 bits per heavy atom. The van der Waals surface area contributed by atoms with E-state index in [1.807, 2.05) is 0 Å². The lowest BCUT2D eigenvalue weighted by Gasteiger charge is -2.09. The Labute approximate surface area is 105 Å². The van der Waals surface area contributed by atoms with E-state index >= 15 is 0 Å². The average molecular weight is 277 g/mol. The summed E-state index contributed by atoms with van der Waals surface area (Å²) in [5.74, 6) is 0. The number of hydrogen-bond acceptors (Lipinski definition) is 2. The predicted molar refractivity (Wildman–Crippen MR) is 59.5 cm³/mol. The molecule has 0 amide bonds. The van der Waals surface area contributed by atoms with Gasteiger partial charge >= 0.3 is 6.18 Å². The van der Waals surface area contributed by atoms with Crippen molar-refractivity contribution in [3.8, 4) is 5.69 Å². The first-order valence-electron chi connectivity index (χ1n) is 4.95. The van der Waals surface area contributed by atoms with Crippen molar-refractivity contribution < 1.29 is 18.3 Å². The van der Waals surface area contributed by atoms with Crippen LogP contribution in [0.2, 0.25) is 5.02 Å². The molecule has 3 nitrogen and oxygen atoms in total. The quantitative estimate of drug-likeness (QED) is 0.915. The second-order valence-corrected chi connectivity index (χ2v) is 3.95. The van der Waals surface area contributed by atoms with Crippen molar-refractivity contribution in [2.75, 3.05) is 0 Å². The predicted octanol–water partition coefficient (Wildman–Crippen LogP) is 3.04. The van der Waals surface area contributed by atoms with Crippen LogP contribution in [0.15, 0.2) is 30.5 Å². The van der Waals surface area contributed by atoms with Gasteiger partial charge in [0, 0.05) is 16.8 Å². The van der Waals surface area contributed by atoms with Gasteiger partial charge < -0.3 is 5.11 Å². The molecule has 0 fully saturated rings. The molecule has 0 saturated heterocycles. The van der Waals surface area contributed by atoms with E-state index in [1.165, 1.54) is 12.3 Å². The number of rotatable bonds is 2. The van der Waals surface area contributed by atoms with E-state index in [2.05, 4.69) is 5.10 Å². The molecule has 96 valence electrons. The number of alkyl halides is 3. The third-order valence-corrected chi connectivity index (χ3v) is 2.73. The van der Waals surface area contributed by atoms with E-state index in [4.69, 9.17) is 11.6 Å². The molecule has 0 unspecified atom stereocenters. The summed E-state index contributed by atoms with van der Waals surface area (Å²) in [4.78, 5) is 0. The van der Waals surface area contributed by atoms with E-state index in [0.29, 0.717) is 11.3 Å². The molecule has 1 aromatic heterocycles. The summed E-state index contributed by atoms with van der Waals surface area (Å²) in [6, 6.07) is 5.52. The fourth-order valence-corrected chi connectivity index (χ4v) is 1.76. The normalized spacial score (nSPS) is 11.8. The summed E-state index contributed by atoms with van der Waals surface area (Å²) < 4.78 is 38.3. The van der Waals surface area contributed by atoms with Gasteiger partial charge in [-0.1, -0.05) is 17.7 Å². The zero-order chi connectivity index (χ0) is 13.3.